The summed E-state index contributed by atoms with van der Waals surface area (Å²) in [6.45, 7) is 4.68. The van der Waals surface area contributed by atoms with Gasteiger partial charge < -0.3 is 15.5 Å². The van der Waals surface area contributed by atoms with Gasteiger partial charge >= 0.3 is 0 Å². The molecule has 1 aliphatic carbocycles. The van der Waals surface area contributed by atoms with Crippen LogP contribution < -0.4 is 5.32 Å². The number of hydrogen-bond donors (Lipinski definition) is 3. The van der Waals surface area contributed by atoms with Crippen LogP contribution in [0.15, 0.2) is 24.3 Å². The first-order valence-corrected chi connectivity index (χ1v) is 8.22. The summed E-state index contributed by atoms with van der Waals surface area (Å²) in [5.41, 5.74) is 0.519. The molecule has 1 aromatic rings. The number of halogens is 1. The first-order valence-electron chi connectivity index (χ1n) is 8.22. The zero-order chi connectivity index (χ0) is 16.2. The summed E-state index contributed by atoms with van der Waals surface area (Å²) in [5.74, 6) is 0.300. The molecule has 0 aliphatic heterocycles. The van der Waals surface area contributed by atoms with E-state index in [1.165, 1.54) is 12.1 Å². The van der Waals surface area contributed by atoms with E-state index in [1.54, 1.807) is 12.1 Å². The Morgan fingerprint density at radius 1 is 1.27 bits per heavy atom. The van der Waals surface area contributed by atoms with E-state index >= 15 is 0 Å². The lowest BCUT2D eigenvalue weighted by Gasteiger charge is -2.34. The van der Waals surface area contributed by atoms with Crippen molar-refractivity contribution >= 4 is 0 Å². The number of rotatable bonds is 6. The van der Waals surface area contributed by atoms with Crippen LogP contribution in [0.1, 0.15) is 57.6 Å². The van der Waals surface area contributed by atoms with Crippen molar-refractivity contribution in [1.82, 2.24) is 5.32 Å². The van der Waals surface area contributed by atoms with E-state index in [1.807, 2.05) is 0 Å². The number of hydrogen-bond acceptors (Lipinski definition) is 3. The second-order valence-electron chi connectivity index (χ2n) is 7.21. The summed E-state index contributed by atoms with van der Waals surface area (Å²) in [6, 6.07) is 6.12. The van der Waals surface area contributed by atoms with Gasteiger partial charge in [-0.1, -0.05) is 12.1 Å². The van der Waals surface area contributed by atoms with Crippen LogP contribution in [-0.4, -0.2) is 28.4 Å². The molecule has 0 heterocycles. The molecule has 22 heavy (non-hydrogen) atoms. The van der Waals surface area contributed by atoms with Gasteiger partial charge in [-0.25, -0.2) is 4.39 Å². The molecule has 3 nitrogen and oxygen atoms in total. The zero-order valence-electron chi connectivity index (χ0n) is 13.6. The highest BCUT2D eigenvalue weighted by atomic mass is 19.1. The van der Waals surface area contributed by atoms with Crippen molar-refractivity contribution < 1.29 is 14.6 Å². The smallest absolute Gasteiger partial charge is 0.123 e. The third-order valence-electron chi connectivity index (χ3n) is 4.62. The molecule has 0 bridgehead atoms. The highest BCUT2D eigenvalue weighted by Crippen LogP contribution is 2.31. The van der Waals surface area contributed by atoms with Crippen molar-refractivity contribution in [2.24, 2.45) is 5.92 Å². The number of β-amino-alcohol motifs (C(OH)–C–C–N with tert-alkyl or cyclic N) is 1. The average Bonchev–Trinajstić information content (AvgIpc) is 2.47. The lowest BCUT2D eigenvalue weighted by atomic mass is 9.80. The monoisotopic (exact) mass is 309 g/mol. The summed E-state index contributed by atoms with van der Waals surface area (Å²) in [4.78, 5) is 0. The predicted molar refractivity (Wildman–Crippen MR) is 86.0 cm³/mol. The van der Waals surface area contributed by atoms with Crippen LogP contribution in [0.25, 0.3) is 0 Å². The molecule has 0 spiro atoms. The highest BCUT2D eigenvalue weighted by molar-refractivity contribution is 5.19. The minimum atomic E-state index is -0.705. The van der Waals surface area contributed by atoms with Crippen molar-refractivity contribution in [3.05, 3.63) is 35.6 Å². The van der Waals surface area contributed by atoms with Crippen molar-refractivity contribution in [3.63, 3.8) is 0 Å². The third kappa shape index (κ3) is 5.34. The Labute approximate surface area is 132 Å². The summed E-state index contributed by atoms with van der Waals surface area (Å²) >= 11 is 0. The lowest BCUT2D eigenvalue weighted by molar-refractivity contribution is 0.0949. The molecule has 1 aromatic carbocycles. The summed E-state index contributed by atoms with van der Waals surface area (Å²) in [5, 5.41) is 23.2. The minimum Gasteiger partial charge on any atom is -0.393 e. The Hall–Kier alpha value is -0.970. The van der Waals surface area contributed by atoms with Gasteiger partial charge in [0.1, 0.15) is 5.82 Å². The Bertz CT molecular complexity index is 470. The number of aliphatic hydroxyl groups excluding tert-OH is 2. The fourth-order valence-corrected chi connectivity index (χ4v) is 3.35. The Morgan fingerprint density at radius 2 is 1.95 bits per heavy atom. The predicted octanol–water partition coefficient (Wildman–Crippen LogP) is 3.17. The maximum atomic E-state index is 13.2. The van der Waals surface area contributed by atoms with Gasteiger partial charge in [0.05, 0.1) is 12.2 Å². The Kier molecular flexibility index (Phi) is 5.95. The van der Waals surface area contributed by atoms with Crippen LogP contribution in [0.5, 0.6) is 0 Å². The molecule has 1 saturated carbocycles. The molecular weight excluding hydrogens is 281 g/mol. The van der Waals surface area contributed by atoms with Crippen LogP contribution in [0.4, 0.5) is 4.39 Å². The number of benzene rings is 1. The summed E-state index contributed by atoms with van der Waals surface area (Å²) in [7, 11) is 0. The molecule has 1 atom stereocenters. The van der Waals surface area contributed by atoms with Crippen LogP contribution in [0, 0.1) is 11.7 Å². The molecule has 0 aromatic heterocycles. The fourth-order valence-electron chi connectivity index (χ4n) is 3.35. The molecule has 0 amide bonds. The SMILES string of the molecule is CC(C)(CC1CCC(O)CC1)NC[C@H](O)c1cccc(F)c1. The van der Waals surface area contributed by atoms with E-state index in [9.17, 15) is 14.6 Å². The topological polar surface area (TPSA) is 52.5 Å². The van der Waals surface area contributed by atoms with Crippen LogP contribution in [-0.2, 0) is 0 Å². The molecule has 0 saturated heterocycles. The molecular formula is C18H28FNO2. The van der Waals surface area contributed by atoms with E-state index in [0.29, 0.717) is 18.0 Å². The molecule has 2 rings (SSSR count). The van der Waals surface area contributed by atoms with Gasteiger partial charge in [0, 0.05) is 12.1 Å². The van der Waals surface area contributed by atoms with E-state index < -0.39 is 6.10 Å². The minimum absolute atomic E-state index is 0.0821. The van der Waals surface area contributed by atoms with E-state index in [0.717, 1.165) is 32.1 Å². The third-order valence-corrected chi connectivity index (χ3v) is 4.62. The largest absolute Gasteiger partial charge is 0.393 e. The Balaban J connectivity index is 1.81. The quantitative estimate of drug-likeness (QED) is 0.756. The van der Waals surface area contributed by atoms with Crippen molar-refractivity contribution in [3.8, 4) is 0 Å². The normalized spacial score (nSPS) is 24.2. The standard InChI is InChI=1S/C18H28FNO2/c1-18(2,11-13-6-8-16(21)9-7-13)20-12-17(22)14-4-3-5-15(19)10-14/h3-5,10,13,16-17,20-22H,6-9,11-12H2,1-2H3/t13?,16?,17-/m0/s1. The maximum absolute atomic E-state index is 13.2. The first kappa shape index (κ1) is 17.4. The highest BCUT2D eigenvalue weighted by Gasteiger charge is 2.27. The van der Waals surface area contributed by atoms with E-state index in [-0.39, 0.29) is 17.5 Å². The molecule has 124 valence electrons. The van der Waals surface area contributed by atoms with Crippen molar-refractivity contribution in [1.29, 1.82) is 0 Å². The fraction of sp³-hybridized carbons (Fsp3) is 0.667. The molecule has 1 aliphatic rings. The molecule has 4 heteroatoms. The number of nitrogens with one attached hydrogen (secondary N) is 1. The van der Waals surface area contributed by atoms with Gasteiger partial charge in [0.25, 0.3) is 0 Å². The second kappa shape index (κ2) is 7.53. The van der Waals surface area contributed by atoms with Crippen LogP contribution in [0.2, 0.25) is 0 Å². The average molecular weight is 309 g/mol. The van der Waals surface area contributed by atoms with E-state index in [4.69, 9.17) is 0 Å². The lowest BCUT2D eigenvalue weighted by Crippen LogP contribution is -2.43. The Morgan fingerprint density at radius 3 is 2.59 bits per heavy atom. The van der Waals surface area contributed by atoms with Gasteiger partial charge in [0.2, 0.25) is 0 Å². The molecule has 0 radical (unpaired) electrons. The van der Waals surface area contributed by atoms with Crippen LogP contribution in [0.3, 0.4) is 0 Å². The summed E-state index contributed by atoms with van der Waals surface area (Å²) in [6.07, 6.45) is 4.12. The van der Waals surface area contributed by atoms with Gasteiger partial charge in [-0.05, 0) is 69.6 Å². The molecule has 0 unspecified atom stereocenters. The van der Waals surface area contributed by atoms with Crippen LogP contribution >= 0.6 is 0 Å². The summed E-state index contributed by atoms with van der Waals surface area (Å²) < 4.78 is 13.2. The van der Waals surface area contributed by atoms with Gasteiger partial charge in [-0.15, -0.1) is 0 Å². The number of aliphatic hydroxyl groups is 2. The molecule has 1 fully saturated rings. The zero-order valence-corrected chi connectivity index (χ0v) is 13.6. The van der Waals surface area contributed by atoms with Gasteiger partial charge in [-0.3, -0.25) is 0 Å². The molecule has 3 N–H and O–H groups in total. The van der Waals surface area contributed by atoms with E-state index in [2.05, 4.69) is 19.2 Å². The second-order valence-corrected chi connectivity index (χ2v) is 7.21. The van der Waals surface area contributed by atoms with Crippen molar-refractivity contribution in [2.45, 2.75) is 63.7 Å². The maximum Gasteiger partial charge on any atom is 0.123 e. The van der Waals surface area contributed by atoms with Gasteiger partial charge in [-0.2, -0.15) is 0 Å². The van der Waals surface area contributed by atoms with Gasteiger partial charge in [0.15, 0.2) is 0 Å². The first-order chi connectivity index (χ1) is 10.4. The van der Waals surface area contributed by atoms with Crippen molar-refractivity contribution in [2.75, 3.05) is 6.54 Å².